The van der Waals surface area contributed by atoms with Crippen molar-refractivity contribution in [3.8, 4) is 0 Å². The van der Waals surface area contributed by atoms with Crippen LogP contribution in [0.2, 0.25) is 0 Å². The first-order chi connectivity index (χ1) is 9.16. The van der Waals surface area contributed by atoms with Crippen molar-refractivity contribution < 1.29 is 19.0 Å². The van der Waals surface area contributed by atoms with Gasteiger partial charge in [-0.1, -0.05) is 26.2 Å². The van der Waals surface area contributed by atoms with E-state index in [1.165, 1.54) is 19.3 Å². The Bertz CT molecular complexity index is 249. The summed E-state index contributed by atoms with van der Waals surface area (Å²) in [6, 6.07) is 0. The van der Waals surface area contributed by atoms with E-state index >= 15 is 0 Å². The molecule has 114 valence electrons. The van der Waals surface area contributed by atoms with Gasteiger partial charge in [-0.05, 0) is 32.4 Å². The van der Waals surface area contributed by atoms with Gasteiger partial charge in [-0.3, -0.25) is 9.36 Å². The second-order valence-corrected chi connectivity index (χ2v) is 6.16. The molecule has 0 aromatic rings. The van der Waals surface area contributed by atoms with Crippen molar-refractivity contribution in [1.29, 1.82) is 0 Å². The number of nitrogens with one attached hydrogen (secondary N) is 1. The van der Waals surface area contributed by atoms with E-state index in [9.17, 15) is 9.36 Å². The van der Waals surface area contributed by atoms with Crippen molar-refractivity contribution >= 4 is 14.0 Å². The zero-order valence-corrected chi connectivity index (χ0v) is 13.0. The molecule has 0 radical (unpaired) electrons. The molecule has 0 amide bonds. The van der Waals surface area contributed by atoms with E-state index < -0.39 is 14.0 Å². The van der Waals surface area contributed by atoms with Crippen LogP contribution in [0.4, 0.5) is 0 Å². The number of rotatable bonds is 14. The molecule has 19 heavy (non-hydrogen) atoms. The largest absolute Gasteiger partial charge is 0.481 e. The molecule has 0 fully saturated rings. The molecule has 0 saturated carbocycles. The van der Waals surface area contributed by atoms with Crippen molar-refractivity contribution in [1.82, 2.24) is 5.32 Å². The summed E-state index contributed by atoms with van der Waals surface area (Å²) in [7, 11) is -2.02. The lowest BCUT2D eigenvalue weighted by atomic mass is 10.1. The molecule has 0 aliphatic heterocycles. The molecule has 5 nitrogen and oxygen atoms in total. The minimum atomic E-state index is -2.02. The molecular weight excluding hydrogens is 265 g/mol. The Morgan fingerprint density at radius 2 is 1.84 bits per heavy atom. The lowest BCUT2D eigenvalue weighted by Crippen LogP contribution is -2.15. The maximum absolute atomic E-state index is 11.4. The summed E-state index contributed by atoms with van der Waals surface area (Å²) in [6.07, 6.45) is 7.25. The molecule has 0 spiro atoms. The summed E-state index contributed by atoms with van der Waals surface area (Å²) in [5.41, 5.74) is 0. The molecule has 1 unspecified atom stereocenters. The summed E-state index contributed by atoms with van der Waals surface area (Å²) in [4.78, 5) is 10.2. The highest BCUT2D eigenvalue weighted by molar-refractivity contribution is 7.39. The molecule has 6 heteroatoms. The molecule has 1 atom stereocenters. The maximum atomic E-state index is 11.4. The molecule has 0 aromatic carbocycles. The van der Waals surface area contributed by atoms with Gasteiger partial charge in [0.2, 0.25) is 0 Å². The quantitative estimate of drug-likeness (QED) is 0.380. The van der Waals surface area contributed by atoms with Gasteiger partial charge in [-0.15, -0.1) is 0 Å². The van der Waals surface area contributed by atoms with E-state index in [1.54, 1.807) is 0 Å². The SMILES string of the molecule is CCCNCCCCCCC[PH](=O)OCCC(=O)O. The van der Waals surface area contributed by atoms with Crippen molar-refractivity contribution in [2.75, 3.05) is 25.9 Å². The fourth-order valence-corrected chi connectivity index (χ4v) is 2.69. The molecule has 0 saturated heterocycles. The van der Waals surface area contributed by atoms with Gasteiger partial charge < -0.3 is 14.9 Å². The highest BCUT2D eigenvalue weighted by Gasteiger charge is 2.02. The number of carboxylic acids is 1. The number of carboxylic acid groups (broad SMARTS) is 1. The summed E-state index contributed by atoms with van der Waals surface area (Å²) < 4.78 is 16.4. The second kappa shape index (κ2) is 14.0. The number of hydrogen-bond donors (Lipinski definition) is 2. The summed E-state index contributed by atoms with van der Waals surface area (Å²) in [5, 5.41) is 11.8. The third-order valence-electron chi connectivity index (χ3n) is 2.74. The monoisotopic (exact) mass is 293 g/mol. The number of hydrogen-bond acceptors (Lipinski definition) is 4. The van der Waals surface area contributed by atoms with Crippen LogP contribution in [0.25, 0.3) is 0 Å². The van der Waals surface area contributed by atoms with E-state index in [-0.39, 0.29) is 13.0 Å². The van der Waals surface area contributed by atoms with E-state index in [1.807, 2.05) is 0 Å². The molecule has 0 rings (SSSR count). The second-order valence-electron chi connectivity index (χ2n) is 4.63. The van der Waals surface area contributed by atoms with Crippen molar-refractivity contribution in [2.24, 2.45) is 0 Å². The predicted octanol–water partition coefficient (Wildman–Crippen LogP) is 2.90. The van der Waals surface area contributed by atoms with Gasteiger partial charge >= 0.3 is 5.97 Å². The molecule has 0 aliphatic carbocycles. The third kappa shape index (κ3) is 15.6. The third-order valence-corrected chi connectivity index (χ3v) is 4.03. The highest BCUT2D eigenvalue weighted by atomic mass is 31.1. The fourth-order valence-electron chi connectivity index (χ4n) is 1.68. The molecule has 0 aromatic heterocycles. The Balaban J connectivity index is 3.16. The van der Waals surface area contributed by atoms with Crippen LogP contribution in [0.3, 0.4) is 0 Å². The van der Waals surface area contributed by atoms with Gasteiger partial charge in [-0.25, -0.2) is 0 Å². The van der Waals surface area contributed by atoms with Crippen LogP contribution in [-0.4, -0.2) is 36.9 Å². The molecule has 0 heterocycles. The van der Waals surface area contributed by atoms with Crippen LogP contribution in [-0.2, 0) is 13.9 Å². The van der Waals surface area contributed by atoms with E-state index in [2.05, 4.69) is 12.2 Å². The van der Waals surface area contributed by atoms with Crippen LogP contribution in [0.5, 0.6) is 0 Å². The van der Waals surface area contributed by atoms with Gasteiger partial charge in [-0.2, -0.15) is 0 Å². The van der Waals surface area contributed by atoms with Crippen molar-refractivity contribution in [2.45, 2.75) is 51.9 Å². The van der Waals surface area contributed by atoms with E-state index in [0.29, 0.717) is 6.16 Å². The van der Waals surface area contributed by atoms with Crippen molar-refractivity contribution in [3.05, 3.63) is 0 Å². The first kappa shape index (κ1) is 18.6. The molecule has 2 N–H and O–H groups in total. The minimum Gasteiger partial charge on any atom is -0.481 e. The first-order valence-corrected chi connectivity index (χ1v) is 8.77. The lowest BCUT2D eigenvalue weighted by Gasteiger charge is -2.04. The Labute approximate surface area is 117 Å². The summed E-state index contributed by atoms with van der Waals surface area (Å²) in [6.45, 7) is 4.41. The normalized spacial score (nSPS) is 12.5. The van der Waals surface area contributed by atoms with Crippen LogP contribution in [0.1, 0.15) is 51.9 Å². The Morgan fingerprint density at radius 3 is 2.53 bits per heavy atom. The summed E-state index contributed by atoms with van der Waals surface area (Å²) in [5.74, 6) is -0.911. The topological polar surface area (TPSA) is 75.6 Å². The van der Waals surface area contributed by atoms with Gasteiger partial charge in [0, 0.05) is 6.16 Å². The van der Waals surface area contributed by atoms with Crippen molar-refractivity contribution in [3.63, 3.8) is 0 Å². The fraction of sp³-hybridized carbons (Fsp3) is 0.923. The molecule has 0 bridgehead atoms. The minimum absolute atomic E-state index is 0.0657. The lowest BCUT2D eigenvalue weighted by molar-refractivity contribution is -0.137. The average molecular weight is 293 g/mol. The van der Waals surface area contributed by atoms with Crippen LogP contribution in [0.15, 0.2) is 0 Å². The van der Waals surface area contributed by atoms with Gasteiger partial charge in [0.25, 0.3) is 0 Å². The standard InChI is InChI=1S/C13H28NO4P/c1-2-9-14-10-6-4-3-5-7-12-19(17)18-11-8-13(15)16/h14,19H,2-12H2,1H3,(H,15,16). The zero-order chi connectivity index (χ0) is 14.3. The Morgan fingerprint density at radius 1 is 1.16 bits per heavy atom. The zero-order valence-electron chi connectivity index (χ0n) is 12.0. The first-order valence-electron chi connectivity index (χ1n) is 7.25. The molecular formula is C13H28NO4P. The Hall–Kier alpha value is -0.380. The number of unbranched alkanes of at least 4 members (excludes halogenated alkanes) is 4. The number of aliphatic carboxylic acids is 1. The Kier molecular flexibility index (Phi) is 13.8. The van der Waals surface area contributed by atoms with E-state index in [0.717, 1.165) is 32.4 Å². The van der Waals surface area contributed by atoms with E-state index in [4.69, 9.17) is 9.63 Å². The summed E-state index contributed by atoms with van der Waals surface area (Å²) >= 11 is 0. The average Bonchev–Trinajstić information content (AvgIpc) is 2.36. The van der Waals surface area contributed by atoms with Gasteiger partial charge in [0.1, 0.15) is 0 Å². The van der Waals surface area contributed by atoms with Crippen LogP contribution >= 0.6 is 8.03 Å². The predicted molar refractivity (Wildman–Crippen MR) is 78.3 cm³/mol. The smallest absolute Gasteiger partial charge is 0.305 e. The van der Waals surface area contributed by atoms with Gasteiger partial charge in [0.05, 0.1) is 13.0 Å². The van der Waals surface area contributed by atoms with Gasteiger partial charge in [0.15, 0.2) is 8.03 Å². The number of carbonyl (C=O) groups is 1. The maximum Gasteiger partial charge on any atom is 0.305 e. The van der Waals surface area contributed by atoms with Crippen LogP contribution < -0.4 is 5.32 Å². The molecule has 0 aliphatic rings. The van der Waals surface area contributed by atoms with Crippen LogP contribution in [0, 0.1) is 0 Å². The highest BCUT2D eigenvalue weighted by Crippen LogP contribution is 2.24.